The van der Waals surface area contributed by atoms with Crippen LogP contribution in [0.1, 0.15) is 22.3 Å². The van der Waals surface area contributed by atoms with Crippen LogP contribution in [0.25, 0.3) is 0 Å². The molecule has 0 aliphatic rings. The van der Waals surface area contributed by atoms with E-state index in [1.165, 1.54) is 18.2 Å². The number of hydrogen-bond donors (Lipinski definition) is 5. The molecule has 0 aliphatic carbocycles. The van der Waals surface area contributed by atoms with Gasteiger partial charge in [-0.1, -0.05) is 6.07 Å². The zero-order chi connectivity index (χ0) is 19.4. The molecular weight excluding hydrogens is 346 g/mol. The van der Waals surface area contributed by atoms with Gasteiger partial charge in [0.2, 0.25) is 0 Å². The van der Waals surface area contributed by atoms with Crippen LogP contribution in [0, 0.1) is 0 Å². The Balaban J connectivity index is 1.63. The molecule has 0 saturated carbocycles. The molecule has 3 rings (SSSR count). The number of rotatable bonds is 6. The van der Waals surface area contributed by atoms with Gasteiger partial charge in [0.15, 0.2) is 17.2 Å². The number of phenolic OH excluding ortho intramolecular Hbond substituents is 5. The van der Waals surface area contributed by atoms with E-state index in [0.717, 1.165) is 16.7 Å². The largest absolute Gasteiger partial charge is 0.508 e. The second-order valence-electron chi connectivity index (χ2n) is 6.54. The number of phenols is 5. The lowest BCUT2D eigenvalue weighted by Gasteiger charge is -2.08. The Morgan fingerprint density at radius 1 is 0.519 bits per heavy atom. The molecule has 0 spiro atoms. The van der Waals surface area contributed by atoms with E-state index in [-0.39, 0.29) is 23.0 Å². The highest BCUT2D eigenvalue weighted by Gasteiger charge is 2.08. The van der Waals surface area contributed by atoms with Crippen LogP contribution >= 0.6 is 0 Å². The maximum atomic E-state index is 9.58. The van der Waals surface area contributed by atoms with Crippen LogP contribution < -0.4 is 0 Å². The Morgan fingerprint density at radius 2 is 0.963 bits per heavy atom. The maximum absolute atomic E-state index is 9.58. The van der Waals surface area contributed by atoms with Crippen molar-refractivity contribution in [2.45, 2.75) is 25.7 Å². The summed E-state index contributed by atoms with van der Waals surface area (Å²) in [6, 6.07) is 9.45. The number of aromatic hydroxyl groups is 5. The van der Waals surface area contributed by atoms with Crippen LogP contribution in [0.5, 0.6) is 28.7 Å². The van der Waals surface area contributed by atoms with E-state index in [1.54, 1.807) is 24.5 Å². The minimum Gasteiger partial charge on any atom is -0.508 e. The Labute approximate surface area is 156 Å². The predicted molar refractivity (Wildman–Crippen MR) is 100 cm³/mol. The fourth-order valence-corrected chi connectivity index (χ4v) is 3.00. The summed E-state index contributed by atoms with van der Waals surface area (Å²) in [5, 5.41) is 47.7. The highest BCUT2D eigenvalue weighted by Crippen LogP contribution is 2.35. The lowest BCUT2D eigenvalue weighted by Crippen LogP contribution is -1.97. The molecule has 6 nitrogen and oxygen atoms in total. The van der Waals surface area contributed by atoms with Crippen molar-refractivity contribution in [1.82, 2.24) is 4.98 Å². The lowest BCUT2D eigenvalue weighted by molar-refractivity contribution is 0.367. The van der Waals surface area contributed by atoms with Crippen molar-refractivity contribution in [3.05, 3.63) is 71.0 Å². The highest BCUT2D eigenvalue weighted by atomic mass is 16.3. The monoisotopic (exact) mass is 367 g/mol. The van der Waals surface area contributed by atoms with Gasteiger partial charge in [-0.3, -0.25) is 4.98 Å². The van der Waals surface area contributed by atoms with Crippen molar-refractivity contribution in [1.29, 1.82) is 0 Å². The molecule has 0 aliphatic heterocycles. The molecule has 5 N–H and O–H groups in total. The summed E-state index contributed by atoms with van der Waals surface area (Å²) in [4.78, 5) is 4.26. The minimum atomic E-state index is -0.514. The SMILES string of the molecule is Oc1cc(O)cc(CCc2cncc(CCc3cc(O)c(O)c(O)c3)c2)c1. The van der Waals surface area contributed by atoms with Gasteiger partial charge in [-0.05, 0) is 72.2 Å². The number of aryl methyl sites for hydroxylation is 4. The van der Waals surface area contributed by atoms with Crippen molar-refractivity contribution in [3.63, 3.8) is 0 Å². The number of benzene rings is 2. The fraction of sp³-hybridized carbons (Fsp3) is 0.190. The first-order chi connectivity index (χ1) is 12.9. The van der Waals surface area contributed by atoms with E-state index in [9.17, 15) is 25.5 Å². The average molecular weight is 367 g/mol. The molecule has 1 heterocycles. The van der Waals surface area contributed by atoms with Gasteiger partial charge in [0.25, 0.3) is 0 Å². The number of nitrogens with zero attached hydrogens (tertiary/aromatic N) is 1. The van der Waals surface area contributed by atoms with Crippen molar-refractivity contribution < 1.29 is 25.5 Å². The molecule has 0 fully saturated rings. The standard InChI is InChI=1S/C21H21NO5/c23-17-6-13(7-18(24)10-17)1-3-15-5-16(12-22-11-15)4-2-14-8-19(25)21(27)20(26)9-14/h5-12,23-27H,1-4H2. The van der Waals surface area contributed by atoms with Crippen LogP contribution in [0.3, 0.4) is 0 Å². The van der Waals surface area contributed by atoms with Gasteiger partial charge in [0, 0.05) is 18.5 Å². The minimum absolute atomic E-state index is 0.0391. The smallest absolute Gasteiger partial charge is 0.200 e. The third-order valence-electron chi connectivity index (χ3n) is 4.35. The first-order valence-electron chi connectivity index (χ1n) is 8.59. The third-order valence-corrected chi connectivity index (χ3v) is 4.35. The Hall–Kier alpha value is -3.41. The Kier molecular flexibility index (Phi) is 5.35. The molecule has 140 valence electrons. The average Bonchev–Trinajstić information content (AvgIpc) is 2.62. The normalized spacial score (nSPS) is 10.8. The van der Waals surface area contributed by atoms with E-state index in [2.05, 4.69) is 4.98 Å². The summed E-state index contributed by atoms with van der Waals surface area (Å²) in [5.41, 5.74) is 3.60. The summed E-state index contributed by atoms with van der Waals surface area (Å²) in [6.45, 7) is 0. The van der Waals surface area contributed by atoms with Crippen molar-refractivity contribution >= 4 is 0 Å². The van der Waals surface area contributed by atoms with Gasteiger partial charge >= 0.3 is 0 Å². The molecule has 0 bridgehead atoms. The van der Waals surface area contributed by atoms with Crippen molar-refractivity contribution in [2.75, 3.05) is 0 Å². The highest BCUT2D eigenvalue weighted by molar-refractivity contribution is 5.51. The Bertz CT molecular complexity index is 912. The summed E-state index contributed by atoms with van der Waals surface area (Å²) in [5.74, 6) is -1.12. The van der Waals surface area contributed by atoms with Crippen LogP contribution in [-0.2, 0) is 25.7 Å². The van der Waals surface area contributed by atoms with Gasteiger partial charge < -0.3 is 25.5 Å². The summed E-state index contributed by atoms with van der Waals surface area (Å²) >= 11 is 0. The first kappa shape index (κ1) is 18.4. The van der Waals surface area contributed by atoms with E-state index in [1.807, 2.05) is 6.07 Å². The predicted octanol–water partition coefficient (Wildman–Crippen LogP) is 3.18. The quantitative estimate of drug-likeness (QED) is 0.428. The van der Waals surface area contributed by atoms with E-state index >= 15 is 0 Å². The summed E-state index contributed by atoms with van der Waals surface area (Å²) in [7, 11) is 0. The molecule has 0 unspecified atom stereocenters. The zero-order valence-corrected chi connectivity index (χ0v) is 14.6. The van der Waals surface area contributed by atoms with Crippen LogP contribution in [-0.4, -0.2) is 30.5 Å². The van der Waals surface area contributed by atoms with Gasteiger partial charge in [0.05, 0.1) is 0 Å². The third kappa shape index (κ3) is 4.82. The molecular formula is C21H21NO5. The second-order valence-corrected chi connectivity index (χ2v) is 6.54. The number of aromatic nitrogens is 1. The number of hydrogen-bond acceptors (Lipinski definition) is 6. The number of pyridine rings is 1. The molecule has 27 heavy (non-hydrogen) atoms. The summed E-state index contributed by atoms with van der Waals surface area (Å²) in [6.07, 6.45) is 6.16. The van der Waals surface area contributed by atoms with E-state index in [4.69, 9.17) is 0 Å². The molecule has 0 amide bonds. The fourth-order valence-electron chi connectivity index (χ4n) is 3.00. The molecule has 0 saturated heterocycles. The van der Waals surface area contributed by atoms with Gasteiger partial charge in [-0.2, -0.15) is 0 Å². The second kappa shape index (κ2) is 7.86. The summed E-state index contributed by atoms with van der Waals surface area (Å²) < 4.78 is 0. The molecule has 2 aromatic carbocycles. The molecule has 6 heteroatoms. The molecule has 1 aromatic heterocycles. The van der Waals surface area contributed by atoms with Gasteiger partial charge in [-0.15, -0.1) is 0 Å². The van der Waals surface area contributed by atoms with Crippen LogP contribution in [0.4, 0.5) is 0 Å². The maximum Gasteiger partial charge on any atom is 0.200 e. The van der Waals surface area contributed by atoms with Gasteiger partial charge in [0.1, 0.15) is 11.5 Å². The lowest BCUT2D eigenvalue weighted by atomic mass is 10.0. The zero-order valence-electron chi connectivity index (χ0n) is 14.6. The molecule has 3 aromatic rings. The van der Waals surface area contributed by atoms with E-state index < -0.39 is 5.75 Å². The van der Waals surface area contributed by atoms with Gasteiger partial charge in [-0.25, -0.2) is 0 Å². The van der Waals surface area contributed by atoms with Crippen molar-refractivity contribution in [3.8, 4) is 28.7 Å². The molecule has 0 radical (unpaired) electrons. The topological polar surface area (TPSA) is 114 Å². The van der Waals surface area contributed by atoms with Crippen LogP contribution in [0.15, 0.2) is 48.8 Å². The Morgan fingerprint density at radius 3 is 1.48 bits per heavy atom. The molecule has 0 atom stereocenters. The van der Waals surface area contributed by atoms with Crippen molar-refractivity contribution in [2.24, 2.45) is 0 Å². The van der Waals surface area contributed by atoms with Crippen LogP contribution in [0.2, 0.25) is 0 Å². The van der Waals surface area contributed by atoms with E-state index in [0.29, 0.717) is 31.2 Å². The first-order valence-corrected chi connectivity index (χ1v) is 8.59.